The third-order valence-corrected chi connectivity index (χ3v) is 4.32. The summed E-state index contributed by atoms with van der Waals surface area (Å²) < 4.78 is 15.6. The summed E-state index contributed by atoms with van der Waals surface area (Å²) in [5.41, 5.74) is 1.78. The summed E-state index contributed by atoms with van der Waals surface area (Å²) in [6, 6.07) is 11.0. The van der Waals surface area contributed by atoms with Crippen LogP contribution in [0.2, 0.25) is 5.02 Å². The molecule has 8 heteroatoms. The second kappa shape index (κ2) is 11.2. The number of carbonyl (C=O) groups is 1. The summed E-state index contributed by atoms with van der Waals surface area (Å²) in [4.78, 5) is 12.3. The number of benzene rings is 1. The average molecular weight is 418 g/mol. The molecular formula is C21H24ClN3O4. The standard InChI is InChI=1S/C21H24ClN3O4/c1-4-27-9-10-28-21(26)17(12-23)20(14(2)3)24-13-15-11-19(25-29-15)16-7-5-6-8-18(16)22/h5-8,11,14,24H,4,9-10,13H2,1-3H3/b20-17-. The van der Waals surface area contributed by atoms with Crippen molar-refractivity contribution in [1.29, 1.82) is 5.26 Å². The van der Waals surface area contributed by atoms with Crippen molar-refractivity contribution in [3.05, 3.63) is 52.4 Å². The van der Waals surface area contributed by atoms with Crippen molar-refractivity contribution in [2.75, 3.05) is 19.8 Å². The fourth-order valence-corrected chi connectivity index (χ4v) is 2.81. The molecule has 1 heterocycles. The largest absolute Gasteiger partial charge is 0.459 e. The Balaban J connectivity index is 2.10. The molecule has 2 aromatic rings. The van der Waals surface area contributed by atoms with Crippen molar-refractivity contribution in [3.8, 4) is 17.3 Å². The van der Waals surface area contributed by atoms with Crippen LogP contribution in [0.3, 0.4) is 0 Å². The number of nitriles is 1. The lowest BCUT2D eigenvalue weighted by Gasteiger charge is -2.15. The van der Waals surface area contributed by atoms with Crippen LogP contribution in [0.5, 0.6) is 0 Å². The molecular weight excluding hydrogens is 394 g/mol. The highest BCUT2D eigenvalue weighted by molar-refractivity contribution is 6.33. The van der Waals surface area contributed by atoms with Crippen LogP contribution in [0.1, 0.15) is 26.5 Å². The predicted molar refractivity (Wildman–Crippen MR) is 109 cm³/mol. The molecule has 0 atom stereocenters. The Hall–Kier alpha value is -2.82. The van der Waals surface area contributed by atoms with Crippen molar-refractivity contribution in [3.63, 3.8) is 0 Å². The van der Waals surface area contributed by atoms with E-state index in [-0.39, 0.29) is 31.2 Å². The van der Waals surface area contributed by atoms with Crippen LogP contribution in [-0.2, 0) is 20.8 Å². The molecule has 7 nitrogen and oxygen atoms in total. The maximum Gasteiger partial charge on any atom is 0.350 e. The van der Waals surface area contributed by atoms with E-state index in [9.17, 15) is 10.1 Å². The van der Waals surface area contributed by atoms with E-state index in [1.807, 2.05) is 45.0 Å². The minimum atomic E-state index is -0.683. The lowest BCUT2D eigenvalue weighted by atomic mass is 10.0. The monoisotopic (exact) mass is 417 g/mol. The minimum Gasteiger partial charge on any atom is -0.459 e. The van der Waals surface area contributed by atoms with E-state index in [1.54, 1.807) is 12.1 Å². The van der Waals surface area contributed by atoms with Crippen molar-refractivity contribution in [1.82, 2.24) is 10.5 Å². The molecule has 0 aliphatic rings. The first-order valence-corrected chi connectivity index (χ1v) is 9.69. The SMILES string of the molecule is CCOCCOC(=O)/C(C#N)=C(\NCc1cc(-c2ccccc2Cl)no1)C(C)C. The summed E-state index contributed by atoms with van der Waals surface area (Å²) in [5.74, 6) is -0.243. The van der Waals surface area contributed by atoms with Gasteiger partial charge in [-0.1, -0.05) is 48.8 Å². The van der Waals surface area contributed by atoms with Crippen molar-refractivity contribution in [2.24, 2.45) is 5.92 Å². The van der Waals surface area contributed by atoms with Gasteiger partial charge in [-0.3, -0.25) is 0 Å². The third kappa shape index (κ3) is 6.34. The van der Waals surface area contributed by atoms with E-state index in [0.29, 0.717) is 28.8 Å². The molecule has 0 amide bonds. The molecule has 0 saturated carbocycles. The fraction of sp³-hybridized carbons (Fsp3) is 0.381. The number of rotatable bonds is 10. The maximum atomic E-state index is 12.3. The van der Waals surface area contributed by atoms with Crippen LogP contribution < -0.4 is 5.32 Å². The number of ether oxygens (including phenoxy) is 2. The number of hydrogen-bond donors (Lipinski definition) is 1. The number of aromatic nitrogens is 1. The van der Waals surface area contributed by atoms with Gasteiger partial charge in [-0.2, -0.15) is 5.26 Å². The molecule has 1 N–H and O–H groups in total. The van der Waals surface area contributed by atoms with Gasteiger partial charge in [0.05, 0.1) is 18.2 Å². The van der Waals surface area contributed by atoms with Gasteiger partial charge < -0.3 is 19.3 Å². The van der Waals surface area contributed by atoms with Gasteiger partial charge in [0.1, 0.15) is 18.4 Å². The van der Waals surface area contributed by atoms with Crippen LogP contribution in [0, 0.1) is 17.2 Å². The highest BCUT2D eigenvalue weighted by Crippen LogP contribution is 2.27. The average Bonchev–Trinajstić information content (AvgIpc) is 3.17. The Morgan fingerprint density at radius 2 is 2.10 bits per heavy atom. The van der Waals surface area contributed by atoms with Crippen LogP contribution in [0.4, 0.5) is 0 Å². The Bertz CT molecular complexity index is 899. The van der Waals surface area contributed by atoms with Gasteiger partial charge in [-0.15, -0.1) is 0 Å². The molecule has 0 aliphatic heterocycles. The van der Waals surface area contributed by atoms with E-state index in [0.717, 1.165) is 5.56 Å². The fourth-order valence-electron chi connectivity index (χ4n) is 2.58. The first-order valence-electron chi connectivity index (χ1n) is 9.31. The number of nitrogens with one attached hydrogen (secondary N) is 1. The Morgan fingerprint density at radius 1 is 1.34 bits per heavy atom. The summed E-state index contributed by atoms with van der Waals surface area (Å²) >= 11 is 6.19. The lowest BCUT2D eigenvalue weighted by molar-refractivity contribution is -0.140. The van der Waals surface area contributed by atoms with Gasteiger partial charge in [0.25, 0.3) is 0 Å². The molecule has 29 heavy (non-hydrogen) atoms. The van der Waals surface area contributed by atoms with E-state index in [2.05, 4.69) is 10.5 Å². The molecule has 0 spiro atoms. The molecule has 2 rings (SSSR count). The Morgan fingerprint density at radius 3 is 2.76 bits per heavy atom. The molecule has 0 bridgehead atoms. The highest BCUT2D eigenvalue weighted by Gasteiger charge is 2.20. The summed E-state index contributed by atoms with van der Waals surface area (Å²) in [6.07, 6.45) is 0. The van der Waals surface area contributed by atoms with Crippen molar-refractivity contribution >= 4 is 17.6 Å². The summed E-state index contributed by atoms with van der Waals surface area (Å²) in [5, 5.41) is 17.2. The number of hydrogen-bond acceptors (Lipinski definition) is 7. The zero-order valence-corrected chi connectivity index (χ0v) is 17.5. The summed E-state index contributed by atoms with van der Waals surface area (Å²) in [6.45, 7) is 6.77. The van der Waals surface area contributed by atoms with Crippen LogP contribution in [-0.4, -0.2) is 30.9 Å². The third-order valence-electron chi connectivity index (χ3n) is 3.99. The van der Waals surface area contributed by atoms with Crippen LogP contribution in [0.25, 0.3) is 11.3 Å². The van der Waals surface area contributed by atoms with Gasteiger partial charge in [0.15, 0.2) is 11.3 Å². The lowest BCUT2D eigenvalue weighted by Crippen LogP contribution is -2.23. The molecule has 0 aliphatic carbocycles. The predicted octanol–water partition coefficient (Wildman–Crippen LogP) is 4.10. The number of carbonyl (C=O) groups excluding carboxylic acids is 1. The first kappa shape index (κ1) is 22.5. The maximum absolute atomic E-state index is 12.3. The van der Waals surface area contributed by atoms with E-state index in [1.165, 1.54) is 0 Å². The summed E-state index contributed by atoms with van der Waals surface area (Å²) in [7, 11) is 0. The molecule has 0 fully saturated rings. The van der Waals surface area contributed by atoms with Gasteiger partial charge in [0, 0.05) is 23.9 Å². The van der Waals surface area contributed by atoms with Crippen LogP contribution >= 0.6 is 11.6 Å². The Labute approximate surface area is 175 Å². The smallest absolute Gasteiger partial charge is 0.350 e. The number of nitrogens with zero attached hydrogens (tertiary/aromatic N) is 2. The van der Waals surface area contributed by atoms with Gasteiger partial charge >= 0.3 is 5.97 Å². The van der Waals surface area contributed by atoms with Crippen molar-refractivity contribution in [2.45, 2.75) is 27.3 Å². The van der Waals surface area contributed by atoms with E-state index in [4.69, 9.17) is 25.6 Å². The molecule has 0 unspecified atom stereocenters. The second-order valence-electron chi connectivity index (χ2n) is 6.40. The molecule has 154 valence electrons. The molecule has 1 aromatic heterocycles. The zero-order chi connectivity index (χ0) is 21.2. The van der Waals surface area contributed by atoms with Gasteiger partial charge in [0.2, 0.25) is 0 Å². The minimum absolute atomic E-state index is 0.0673. The number of esters is 1. The molecule has 0 radical (unpaired) electrons. The topological polar surface area (TPSA) is 97.4 Å². The quantitative estimate of drug-likeness (QED) is 0.269. The van der Waals surface area contributed by atoms with Crippen molar-refractivity contribution < 1.29 is 18.8 Å². The molecule has 0 saturated heterocycles. The normalized spacial score (nSPS) is 11.7. The van der Waals surface area contributed by atoms with Crippen LogP contribution in [0.15, 0.2) is 46.1 Å². The first-order chi connectivity index (χ1) is 14.0. The second-order valence-corrected chi connectivity index (χ2v) is 6.81. The highest BCUT2D eigenvalue weighted by atomic mass is 35.5. The van der Waals surface area contributed by atoms with Gasteiger partial charge in [-0.25, -0.2) is 4.79 Å². The molecule has 1 aromatic carbocycles. The zero-order valence-electron chi connectivity index (χ0n) is 16.7. The number of halogens is 1. The van der Waals surface area contributed by atoms with E-state index < -0.39 is 5.97 Å². The Kier molecular flexibility index (Phi) is 8.71. The van der Waals surface area contributed by atoms with E-state index >= 15 is 0 Å². The number of allylic oxidation sites excluding steroid dienone is 1. The van der Waals surface area contributed by atoms with Gasteiger partial charge in [-0.05, 0) is 18.9 Å².